The Hall–Kier alpha value is -1.89. The monoisotopic (exact) mass is 380 g/mol. The number of halogens is 1. The predicted molar refractivity (Wildman–Crippen MR) is 98.9 cm³/mol. The number of hydrogen-bond donors (Lipinski definition) is 2. The zero-order valence-electron chi connectivity index (χ0n) is 13.7. The number of sulfonamides is 1. The van der Waals surface area contributed by atoms with Gasteiger partial charge in [-0.1, -0.05) is 35.9 Å². The molecular formula is C18H21ClN2O3S. The third-order valence-electron chi connectivity index (χ3n) is 3.75. The molecule has 2 aromatic carbocycles. The smallest absolute Gasteiger partial charge is 0.238 e. The third-order valence-corrected chi connectivity index (χ3v) is 4.91. The molecule has 0 unspecified atom stereocenters. The molecule has 0 radical (unpaired) electrons. The highest BCUT2D eigenvalue weighted by molar-refractivity contribution is 7.89. The van der Waals surface area contributed by atoms with Crippen molar-refractivity contribution in [2.75, 3.05) is 6.54 Å². The Balaban J connectivity index is 1.68. The van der Waals surface area contributed by atoms with Crippen LogP contribution in [0.3, 0.4) is 0 Å². The number of nitrogens with one attached hydrogen (secondary N) is 1. The highest BCUT2D eigenvalue weighted by Crippen LogP contribution is 2.13. The van der Waals surface area contributed by atoms with E-state index < -0.39 is 10.0 Å². The van der Waals surface area contributed by atoms with Crippen molar-refractivity contribution in [3.8, 4) is 0 Å². The van der Waals surface area contributed by atoms with E-state index in [1.54, 1.807) is 12.1 Å². The molecule has 0 atom stereocenters. The second-order valence-corrected chi connectivity index (χ2v) is 7.77. The first-order chi connectivity index (χ1) is 11.8. The standard InChI is InChI=1S/C18H21ClN2O3S/c19-16-5-1-3-15(13-16)4-2-6-18(22)21-12-11-14-7-9-17(10-8-14)25(20,23)24/h1,3,5,7-10,13H,2,4,6,11-12H2,(H,21,22)(H2,20,23,24). The van der Waals surface area contributed by atoms with E-state index in [2.05, 4.69) is 5.32 Å². The van der Waals surface area contributed by atoms with Crippen LogP contribution in [0.2, 0.25) is 5.02 Å². The summed E-state index contributed by atoms with van der Waals surface area (Å²) in [6, 6.07) is 14.0. The van der Waals surface area contributed by atoms with Crippen LogP contribution in [-0.2, 0) is 27.7 Å². The van der Waals surface area contributed by atoms with Crippen LogP contribution < -0.4 is 10.5 Å². The van der Waals surface area contributed by atoms with Gasteiger partial charge in [0.1, 0.15) is 0 Å². The lowest BCUT2D eigenvalue weighted by Crippen LogP contribution is -2.25. The fourth-order valence-electron chi connectivity index (χ4n) is 2.43. The molecule has 0 saturated heterocycles. The molecule has 0 bridgehead atoms. The maximum atomic E-state index is 11.8. The Morgan fingerprint density at radius 2 is 1.76 bits per heavy atom. The van der Waals surface area contributed by atoms with Gasteiger partial charge in [-0.05, 0) is 54.7 Å². The SMILES string of the molecule is NS(=O)(=O)c1ccc(CCNC(=O)CCCc2cccc(Cl)c2)cc1. The highest BCUT2D eigenvalue weighted by Gasteiger charge is 2.07. The number of carbonyl (C=O) groups excluding carboxylic acids is 1. The average Bonchev–Trinajstić information content (AvgIpc) is 2.54. The Morgan fingerprint density at radius 3 is 2.40 bits per heavy atom. The minimum atomic E-state index is -3.67. The maximum Gasteiger partial charge on any atom is 0.238 e. The van der Waals surface area contributed by atoms with Gasteiger partial charge in [-0.3, -0.25) is 4.79 Å². The summed E-state index contributed by atoms with van der Waals surface area (Å²) >= 11 is 5.93. The number of rotatable bonds is 8. The molecule has 0 aliphatic heterocycles. The van der Waals surface area contributed by atoms with Crippen LogP contribution in [0.1, 0.15) is 24.0 Å². The van der Waals surface area contributed by atoms with Gasteiger partial charge in [0.2, 0.25) is 15.9 Å². The van der Waals surface area contributed by atoms with Crippen LogP contribution in [-0.4, -0.2) is 20.9 Å². The van der Waals surface area contributed by atoms with Crippen molar-refractivity contribution in [3.05, 3.63) is 64.7 Å². The van der Waals surface area contributed by atoms with Gasteiger partial charge in [0, 0.05) is 18.0 Å². The number of hydrogen-bond acceptors (Lipinski definition) is 3. The molecule has 3 N–H and O–H groups in total. The Morgan fingerprint density at radius 1 is 1.04 bits per heavy atom. The normalized spacial score (nSPS) is 11.3. The summed E-state index contributed by atoms with van der Waals surface area (Å²) in [5.74, 6) is 0.00295. The van der Waals surface area contributed by atoms with Gasteiger partial charge in [-0.25, -0.2) is 13.6 Å². The molecule has 25 heavy (non-hydrogen) atoms. The van der Waals surface area contributed by atoms with E-state index in [1.807, 2.05) is 24.3 Å². The van der Waals surface area contributed by atoms with Crippen LogP contribution in [0, 0.1) is 0 Å². The zero-order chi connectivity index (χ0) is 18.3. The van der Waals surface area contributed by atoms with Crippen molar-refractivity contribution in [2.24, 2.45) is 5.14 Å². The van der Waals surface area contributed by atoms with Gasteiger partial charge in [0.15, 0.2) is 0 Å². The molecule has 0 aromatic heterocycles. The van der Waals surface area contributed by atoms with Crippen LogP contribution in [0.5, 0.6) is 0 Å². The summed E-state index contributed by atoms with van der Waals surface area (Å²) in [6.07, 6.45) is 2.65. The largest absolute Gasteiger partial charge is 0.356 e. The van der Waals surface area contributed by atoms with Crippen molar-refractivity contribution >= 4 is 27.5 Å². The summed E-state index contributed by atoms with van der Waals surface area (Å²) in [5.41, 5.74) is 2.06. The summed E-state index contributed by atoms with van der Waals surface area (Å²) in [6.45, 7) is 0.505. The van der Waals surface area contributed by atoms with Gasteiger partial charge >= 0.3 is 0 Å². The molecule has 0 spiro atoms. The zero-order valence-corrected chi connectivity index (χ0v) is 15.3. The number of carbonyl (C=O) groups is 1. The molecule has 0 heterocycles. The Bertz CT molecular complexity index is 820. The molecule has 0 fully saturated rings. The lowest BCUT2D eigenvalue weighted by Gasteiger charge is -2.06. The number of aryl methyl sites for hydroxylation is 1. The van der Waals surface area contributed by atoms with E-state index in [0.717, 1.165) is 24.0 Å². The summed E-state index contributed by atoms with van der Waals surface area (Å²) < 4.78 is 22.4. The fourth-order valence-corrected chi connectivity index (χ4v) is 3.15. The van der Waals surface area contributed by atoms with E-state index >= 15 is 0 Å². The van der Waals surface area contributed by atoms with Gasteiger partial charge in [0.05, 0.1) is 4.90 Å². The first-order valence-corrected chi connectivity index (χ1v) is 9.90. The second kappa shape index (κ2) is 8.99. The highest BCUT2D eigenvalue weighted by atomic mass is 35.5. The molecule has 7 heteroatoms. The maximum absolute atomic E-state index is 11.8. The van der Waals surface area contributed by atoms with Crippen LogP contribution in [0.25, 0.3) is 0 Å². The van der Waals surface area contributed by atoms with Crippen molar-refractivity contribution < 1.29 is 13.2 Å². The van der Waals surface area contributed by atoms with Gasteiger partial charge in [0.25, 0.3) is 0 Å². The fraction of sp³-hybridized carbons (Fsp3) is 0.278. The minimum Gasteiger partial charge on any atom is -0.356 e. The van der Waals surface area contributed by atoms with E-state index in [9.17, 15) is 13.2 Å². The van der Waals surface area contributed by atoms with Crippen molar-refractivity contribution in [1.82, 2.24) is 5.32 Å². The topological polar surface area (TPSA) is 89.3 Å². The molecule has 0 aliphatic carbocycles. The Labute approximate surface area is 153 Å². The summed E-state index contributed by atoms with van der Waals surface area (Å²) in [4.78, 5) is 11.9. The van der Waals surface area contributed by atoms with E-state index in [4.69, 9.17) is 16.7 Å². The predicted octanol–water partition coefficient (Wildman–Crippen LogP) is 2.67. The molecule has 2 aromatic rings. The molecule has 0 saturated carbocycles. The number of benzene rings is 2. The van der Waals surface area contributed by atoms with Crippen LogP contribution >= 0.6 is 11.6 Å². The first kappa shape index (κ1) is 19.4. The van der Waals surface area contributed by atoms with Gasteiger partial charge < -0.3 is 5.32 Å². The van der Waals surface area contributed by atoms with Crippen molar-refractivity contribution in [3.63, 3.8) is 0 Å². The number of amides is 1. The van der Waals surface area contributed by atoms with E-state index in [1.165, 1.54) is 12.1 Å². The molecule has 0 aliphatic rings. The minimum absolute atomic E-state index is 0.00295. The quantitative estimate of drug-likeness (QED) is 0.737. The summed E-state index contributed by atoms with van der Waals surface area (Å²) in [7, 11) is -3.67. The van der Waals surface area contributed by atoms with Crippen molar-refractivity contribution in [1.29, 1.82) is 0 Å². The molecule has 1 amide bonds. The molecule has 2 rings (SSSR count). The average molecular weight is 381 g/mol. The van der Waals surface area contributed by atoms with E-state index in [-0.39, 0.29) is 10.8 Å². The van der Waals surface area contributed by atoms with Crippen LogP contribution in [0.15, 0.2) is 53.4 Å². The van der Waals surface area contributed by atoms with E-state index in [0.29, 0.717) is 24.4 Å². The Kier molecular flexibility index (Phi) is 6.99. The molecule has 134 valence electrons. The molecular weight excluding hydrogens is 360 g/mol. The van der Waals surface area contributed by atoms with Crippen LogP contribution in [0.4, 0.5) is 0 Å². The van der Waals surface area contributed by atoms with Crippen molar-refractivity contribution in [2.45, 2.75) is 30.6 Å². The van der Waals surface area contributed by atoms with Gasteiger partial charge in [-0.15, -0.1) is 0 Å². The second-order valence-electron chi connectivity index (χ2n) is 5.77. The third kappa shape index (κ3) is 6.86. The number of primary sulfonamides is 1. The lowest BCUT2D eigenvalue weighted by molar-refractivity contribution is -0.121. The number of nitrogens with two attached hydrogens (primary N) is 1. The molecule has 5 nitrogen and oxygen atoms in total. The first-order valence-electron chi connectivity index (χ1n) is 7.97. The summed E-state index contributed by atoms with van der Waals surface area (Å²) in [5, 5.41) is 8.62. The van der Waals surface area contributed by atoms with Gasteiger partial charge in [-0.2, -0.15) is 0 Å². The lowest BCUT2D eigenvalue weighted by atomic mass is 10.1.